The average molecular weight is 448 g/mol. The molecule has 1 atom stereocenters. The number of rotatable bonds is 7. The van der Waals surface area contributed by atoms with E-state index < -0.39 is 24.3 Å². The molecule has 3 rings (SSSR count). The molecule has 2 aromatic carbocycles. The van der Waals surface area contributed by atoms with E-state index in [1.807, 2.05) is 0 Å². The molecule has 32 heavy (non-hydrogen) atoms. The normalized spacial score (nSPS) is 12.4. The molecular weight excluding hydrogens is 428 g/mol. The van der Waals surface area contributed by atoms with Crippen molar-refractivity contribution in [2.75, 3.05) is 0 Å². The Bertz CT molecular complexity index is 1070. The van der Waals surface area contributed by atoms with Gasteiger partial charge in [0.25, 0.3) is 0 Å². The van der Waals surface area contributed by atoms with Crippen LogP contribution in [0.2, 0.25) is 0 Å². The van der Waals surface area contributed by atoms with Crippen molar-refractivity contribution in [2.24, 2.45) is 0 Å². The fourth-order valence-electron chi connectivity index (χ4n) is 3.01. The van der Waals surface area contributed by atoms with E-state index in [1.54, 1.807) is 24.5 Å². The van der Waals surface area contributed by atoms with Gasteiger partial charge in [0.15, 0.2) is 5.82 Å². The number of hydrogen-bond acceptors (Lipinski definition) is 5. The number of esters is 1. The Kier molecular flexibility index (Phi) is 7.19. The van der Waals surface area contributed by atoms with Crippen LogP contribution in [0, 0.1) is 5.82 Å². The average Bonchev–Trinajstić information content (AvgIpc) is 2.73. The summed E-state index contributed by atoms with van der Waals surface area (Å²) in [7, 11) is 0. The van der Waals surface area contributed by atoms with Crippen molar-refractivity contribution in [2.45, 2.75) is 39.2 Å². The highest BCUT2D eigenvalue weighted by atomic mass is 19.4. The van der Waals surface area contributed by atoms with Crippen molar-refractivity contribution in [3.05, 3.63) is 77.4 Å². The smallest absolute Gasteiger partial charge is 0.423 e. The van der Waals surface area contributed by atoms with Gasteiger partial charge < -0.3 is 4.74 Å². The Labute approximate surface area is 182 Å². The van der Waals surface area contributed by atoms with Crippen LogP contribution in [-0.4, -0.2) is 22.3 Å². The minimum absolute atomic E-state index is 0.144. The van der Waals surface area contributed by atoms with Gasteiger partial charge in [-0.2, -0.15) is 0 Å². The van der Waals surface area contributed by atoms with Gasteiger partial charge in [-0.3, -0.25) is 4.74 Å². The van der Waals surface area contributed by atoms with Gasteiger partial charge in [-0.1, -0.05) is 25.5 Å². The Morgan fingerprint density at radius 2 is 1.72 bits per heavy atom. The Morgan fingerprint density at radius 1 is 1.06 bits per heavy atom. The Morgan fingerprint density at radius 3 is 2.28 bits per heavy atom. The summed E-state index contributed by atoms with van der Waals surface area (Å²) in [6.45, 7) is 3.14. The van der Waals surface area contributed by atoms with E-state index in [4.69, 9.17) is 4.74 Å². The lowest BCUT2D eigenvalue weighted by Gasteiger charge is -2.16. The van der Waals surface area contributed by atoms with E-state index >= 15 is 0 Å². The van der Waals surface area contributed by atoms with Gasteiger partial charge >= 0.3 is 12.3 Å². The fourth-order valence-corrected chi connectivity index (χ4v) is 3.01. The van der Waals surface area contributed by atoms with E-state index in [0.717, 1.165) is 37.5 Å². The summed E-state index contributed by atoms with van der Waals surface area (Å²) >= 11 is 0. The molecule has 0 aliphatic carbocycles. The summed E-state index contributed by atoms with van der Waals surface area (Å²) in [6.07, 6.45) is -1.05. The fraction of sp³-hybridized carbons (Fsp3) is 0.261. The highest BCUT2D eigenvalue weighted by Crippen LogP contribution is 2.30. The Hall–Kier alpha value is -3.33. The maximum Gasteiger partial charge on any atom is 0.523 e. The number of benzene rings is 2. The highest BCUT2D eigenvalue weighted by Gasteiger charge is 2.33. The van der Waals surface area contributed by atoms with Crippen molar-refractivity contribution in [1.82, 2.24) is 9.97 Å². The van der Waals surface area contributed by atoms with Crippen LogP contribution in [0.1, 0.15) is 47.9 Å². The molecule has 0 saturated heterocycles. The topological polar surface area (TPSA) is 61.3 Å². The van der Waals surface area contributed by atoms with Crippen molar-refractivity contribution in [3.8, 4) is 17.1 Å². The number of halogens is 4. The van der Waals surface area contributed by atoms with Gasteiger partial charge in [0.1, 0.15) is 11.6 Å². The molecule has 168 valence electrons. The molecule has 0 bridgehead atoms. The summed E-state index contributed by atoms with van der Waals surface area (Å²) < 4.78 is 60.1. The van der Waals surface area contributed by atoms with Crippen molar-refractivity contribution < 1.29 is 31.8 Å². The van der Waals surface area contributed by atoms with E-state index in [1.165, 1.54) is 18.2 Å². The van der Waals surface area contributed by atoms with Gasteiger partial charge in [0.05, 0.1) is 11.7 Å². The predicted octanol–water partition coefficient (Wildman–Crippen LogP) is 6.05. The molecule has 1 heterocycles. The summed E-state index contributed by atoms with van der Waals surface area (Å²) in [6, 6.07) is 9.47. The van der Waals surface area contributed by atoms with Crippen LogP contribution in [0.4, 0.5) is 17.6 Å². The molecule has 0 amide bonds. The van der Waals surface area contributed by atoms with Crippen molar-refractivity contribution >= 4 is 5.97 Å². The zero-order valence-corrected chi connectivity index (χ0v) is 17.3. The second-order valence-electron chi connectivity index (χ2n) is 7.02. The van der Waals surface area contributed by atoms with Crippen LogP contribution in [0.3, 0.4) is 0 Å². The minimum atomic E-state index is -4.90. The number of hydrogen-bond donors (Lipinski definition) is 0. The van der Waals surface area contributed by atoms with Crippen LogP contribution < -0.4 is 4.74 Å². The number of nitrogens with zero attached hydrogens (tertiary/aromatic N) is 2. The first-order chi connectivity index (χ1) is 15.2. The van der Waals surface area contributed by atoms with Crippen LogP contribution in [0.15, 0.2) is 54.9 Å². The molecule has 9 heteroatoms. The summed E-state index contributed by atoms with van der Waals surface area (Å²) in [5.41, 5.74) is 1.64. The lowest BCUT2D eigenvalue weighted by molar-refractivity contribution is -0.342. The zero-order valence-electron chi connectivity index (χ0n) is 17.3. The number of alkyl halides is 3. The Balaban J connectivity index is 1.67. The summed E-state index contributed by atoms with van der Waals surface area (Å²) in [5, 5.41) is 0. The second-order valence-corrected chi connectivity index (χ2v) is 7.02. The van der Waals surface area contributed by atoms with Gasteiger partial charge in [-0.15, -0.1) is 13.2 Å². The van der Waals surface area contributed by atoms with Gasteiger partial charge in [0, 0.05) is 29.6 Å². The number of aryl methyl sites for hydroxylation is 1. The maximum absolute atomic E-state index is 14.2. The molecule has 0 radical (unpaired) electrons. The van der Waals surface area contributed by atoms with Crippen molar-refractivity contribution in [1.29, 1.82) is 0 Å². The first-order valence-corrected chi connectivity index (χ1v) is 9.84. The van der Waals surface area contributed by atoms with E-state index in [2.05, 4.69) is 21.6 Å². The molecule has 0 N–H and O–H groups in total. The molecular formula is C23H20F4N2O3. The molecule has 1 unspecified atom stereocenters. The lowest BCUT2D eigenvalue weighted by Crippen LogP contribution is -2.17. The predicted molar refractivity (Wildman–Crippen MR) is 108 cm³/mol. The first kappa shape index (κ1) is 23.3. The first-order valence-electron chi connectivity index (χ1n) is 9.84. The van der Waals surface area contributed by atoms with E-state index in [-0.39, 0.29) is 16.9 Å². The number of carbonyl (C=O) groups excluding carboxylic acids is 1. The standard InChI is InChI=1S/C23H20F4N2O3/c1-3-4-15-12-28-21(29-13-15)16-5-7-17(8-6-16)22(30)31-18-9-10-19(20(24)11-18)14(2)32-23(25,26)27/h5-14H,3-4H2,1-2H3. The molecule has 1 aromatic heterocycles. The molecule has 0 aliphatic rings. The lowest BCUT2D eigenvalue weighted by atomic mass is 10.1. The zero-order chi connectivity index (χ0) is 23.3. The summed E-state index contributed by atoms with van der Waals surface area (Å²) in [5.74, 6) is -1.36. The third kappa shape index (κ3) is 6.10. The molecule has 0 saturated carbocycles. The minimum Gasteiger partial charge on any atom is -0.423 e. The quantitative estimate of drug-likeness (QED) is 0.250. The largest absolute Gasteiger partial charge is 0.523 e. The summed E-state index contributed by atoms with van der Waals surface area (Å²) in [4.78, 5) is 21.0. The van der Waals surface area contributed by atoms with Gasteiger partial charge in [-0.25, -0.2) is 19.2 Å². The van der Waals surface area contributed by atoms with Crippen LogP contribution in [-0.2, 0) is 11.2 Å². The van der Waals surface area contributed by atoms with Gasteiger partial charge in [0.2, 0.25) is 0 Å². The van der Waals surface area contributed by atoms with Crippen LogP contribution in [0.25, 0.3) is 11.4 Å². The third-order valence-electron chi connectivity index (χ3n) is 4.55. The third-order valence-corrected chi connectivity index (χ3v) is 4.55. The molecule has 0 spiro atoms. The molecule has 0 fully saturated rings. The number of carbonyl (C=O) groups is 1. The molecule has 5 nitrogen and oxygen atoms in total. The maximum atomic E-state index is 14.2. The van der Waals surface area contributed by atoms with E-state index in [9.17, 15) is 22.4 Å². The number of ether oxygens (including phenoxy) is 2. The number of aromatic nitrogens is 2. The highest BCUT2D eigenvalue weighted by molar-refractivity contribution is 5.91. The van der Waals surface area contributed by atoms with Gasteiger partial charge in [-0.05, 0) is 43.2 Å². The molecule has 0 aliphatic heterocycles. The second kappa shape index (κ2) is 9.86. The molecule has 3 aromatic rings. The SMILES string of the molecule is CCCc1cnc(-c2ccc(C(=O)Oc3ccc(C(C)OC(F)(F)F)c(F)c3)cc2)nc1. The van der Waals surface area contributed by atoms with Crippen molar-refractivity contribution in [3.63, 3.8) is 0 Å². The van der Waals surface area contributed by atoms with Crippen LogP contribution in [0.5, 0.6) is 5.75 Å². The monoisotopic (exact) mass is 448 g/mol. The van der Waals surface area contributed by atoms with E-state index in [0.29, 0.717) is 11.4 Å². The van der Waals surface area contributed by atoms with Crippen LogP contribution >= 0.6 is 0 Å².